The molecule has 0 spiro atoms. The minimum atomic E-state index is -0.777. The van der Waals surface area contributed by atoms with Gasteiger partial charge < -0.3 is 14.6 Å². The van der Waals surface area contributed by atoms with Gasteiger partial charge in [-0.15, -0.1) is 0 Å². The van der Waals surface area contributed by atoms with Crippen LogP contribution in [0.1, 0.15) is 226 Å². The Bertz CT molecular complexity index is 961. The van der Waals surface area contributed by atoms with E-state index in [2.05, 4.69) is 74.6 Å². The van der Waals surface area contributed by atoms with E-state index in [0.29, 0.717) is 12.8 Å². The highest BCUT2D eigenvalue weighted by molar-refractivity contribution is 5.70. The van der Waals surface area contributed by atoms with Crippen LogP contribution in [-0.2, 0) is 19.1 Å². The number of carbonyl (C=O) groups is 2. The van der Waals surface area contributed by atoms with Gasteiger partial charge in [0.05, 0.1) is 6.61 Å². The Kier molecular flexibility index (Phi) is 44.0. The molecule has 1 unspecified atom stereocenters. The molecule has 0 saturated carbocycles. The van der Waals surface area contributed by atoms with Crippen LogP contribution in [0.4, 0.5) is 0 Å². The van der Waals surface area contributed by atoms with Gasteiger partial charge in [0.2, 0.25) is 0 Å². The first kappa shape index (κ1) is 52.6. The van der Waals surface area contributed by atoms with Crippen LogP contribution in [0.5, 0.6) is 0 Å². The molecule has 318 valence electrons. The van der Waals surface area contributed by atoms with Gasteiger partial charge in [-0.1, -0.05) is 197 Å². The first-order valence-electron chi connectivity index (χ1n) is 23.3. The maximum absolute atomic E-state index is 12.2. The second-order valence-corrected chi connectivity index (χ2v) is 15.4. The number of aliphatic hydroxyl groups excluding tert-OH is 1. The van der Waals surface area contributed by atoms with Crippen molar-refractivity contribution in [1.82, 2.24) is 0 Å². The standard InChI is InChI=1S/C50H88O5/c1-3-5-7-9-11-13-15-17-19-21-22-23-24-25-26-27-28-29-31-33-35-37-39-41-43-45-50(53)55-48(46-51)47-54-49(52)44-42-40-38-36-34-32-30-20-18-16-14-12-10-8-6-4-2/h5,7,11,13,17,19-20,22-23,30,48,51H,3-4,6,8-10,12,14-16,18,21,24-29,31-47H2,1-2H3/b7-5-,13-11-,19-17-,23-22-,30-20-. The van der Waals surface area contributed by atoms with Crippen molar-refractivity contribution in [1.29, 1.82) is 0 Å². The average molecular weight is 769 g/mol. The second-order valence-electron chi connectivity index (χ2n) is 15.4. The van der Waals surface area contributed by atoms with Gasteiger partial charge in [0.1, 0.15) is 6.61 Å². The molecular weight excluding hydrogens is 681 g/mol. The van der Waals surface area contributed by atoms with Crippen LogP contribution in [-0.4, -0.2) is 36.4 Å². The summed E-state index contributed by atoms with van der Waals surface area (Å²) < 4.78 is 10.6. The summed E-state index contributed by atoms with van der Waals surface area (Å²) in [6, 6.07) is 0. The normalized spacial score (nSPS) is 12.7. The van der Waals surface area contributed by atoms with Gasteiger partial charge in [-0.2, -0.15) is 0 Å². The van der Waals surface area contributed by atoms with Gasteiger partial charge in [-0.05, 0) is 77.0 Å². The molecule has 0 aliphatic carbocycles. The lowest BCUT2D eigenvalue weighted by atomic mass is 10.0. The molecule has 0 aromatic rings. The number of allylic oxidation sites excluding steroid dienone is 10. The van der Waals surface area contributed by atoms with Gasteiger partial charge in [0.15, 0.2) is 6.10 Å². The van der Waals surface area contributed by atoms with Crippen LogP contribution in [0.25, 0.3) is 0 Å². The summed E-state index contributed by atoms with van der Waals surface area (Å²) in [5.41, 5.74) is 0. The number of unbranched alkanes of at least 4 members (excludes halogenated alkanes) is 24. The molecule has 0 aliphatic heterocycles. The highest BCUT2D eigenvalue weighted by Gasteiger charge is 2.16. The largest absolute Gasteiger partial charge is 0.462 e. The Morgan fingerprint density at radius 1 is 0.436 bits per heavy atom. The van der Waals surface area contributed by atoms with Gasteiger partial charge in [-0.25, -0.2) is 0 Å². The molecule has 1 atom stereocenters. The Morgan fingerprint density at radius 3 is 1.20 bits per heavy atom. The predicted octanol–water partition coefficient (Wildman–Crippen LogP) is 15.1. The molecule has 5 nitrogen and oxygen atoms in total. The van der Waals surface area contributed by atoms with E-state index in [-0.39, 0.29) is 25.2 Å². The van der Waals surface area contributed by atoms with Crippen molar-refractivity contribution < 1.29 is 24.2 Å². The molecule has 0 radical (unpaired) electrons. The van der Waals surface area contributed by atoms with Crippen LogP contribution in [0.3, 0.4) is 0 Å². The Balaban J connectivity index is 3.52. The summed E-state index contributed by atoms with van der Waals surface area (Å²) in [5.74, 6) is -0.600. The summed E-state index contributed by atoms with van der Waals surface area (Å²) in [5, 5.41) is 9.60. The first-order valence-corrected chi connectivity index (χ1v) is 23.3. The van der Waals surface area contributed by atoms with E-state index in [9.17, 15) is 14.7 Å². The third-order valence-electron chi connectivity index (χ3n) is 10.0. The van der Waals surface area contributed by atoms with Gasteiger partial charge in [0.25, 0.3) is 0 Å². The van der Waals surface area contributed by atoms with E-state index in [1.165, 1.54) is 128 Å². The van der Waals surface area contributed by atoms with Crippen molar-refractivity contribution in [3.63, 3.8) is 0 Å². The average Bonchev–Trinajstić information content (AvgIpc) is 3.19. The van der Waals surface area contributed by atoms with E-state index in [1.54, 1.807) is 0 Å². The van der Waals surface area contributed by atoms with Crippen LogP contribution >= 0.6 is 0 Å². The van der Waals surface area contributed by atoms with Gasteiger partial charge in [0, 0.05) is 12.8 Å². The number of esters is 2. The zero-order valence-electron chi connectivity index (χ0n) is 36.2. The van der Waals surface area contributed by atoms with Crippen molar-refractivity contribution in [3.8, 4) is 0 Å². The lowest BCUT2D eigenvalue weighted by Gasteiger charge is -2.15. The molecule has 0 aromatic heterocycles. The number of rotatable bonds is 42. The van der Waals surface area contributed by atoms with Crippen molar-refractivity contribution in [2.45, 2.75) is 232 Å². The molecule has 0 aromatic carbocycles. The molecular formula is C50H88O5. The minimum absolute atomic E-state index is 0.0711. The van der Waals surface area contributed by atoms with Crippen molar-refractivity contribution >= 4 is 11.9 Å². The van der Waals surface area contributed by atoms with E-state index in [1.807, 2.05) is 0 Å². The smallest absolute Gasteiger partial charge is 0.306 e. The fraction of sp³-hybridized carbons (Fsp3) is 0.760. The van der Waals surface area contributed by atoms with E-state index < -0.39 is 6.10 Å². The topological polar surface area (TPSA) is 72.8 Å². The van der Waals surface area contributed by atoms with Crippen LogP contribution in [0.2, 0.25) is 0 Å². The van der Waals surface area contributed by atoms with Crippen LogP contribution < -0.4 is 0 Å². The van der Waals surface area contributed by atoms with E-state index in [4.69, 9.17) is 9.47 Å². The predicted molar refractivity (Wildman–Crippen MR) is 237 cm³/mol. The van der Waals surface area contributed by atoms with Gasteiger partial charge in [-0.3, -0.25) is 9.59 Å². The quantitative estimate of drug-likeness (QED) is 0.0380. The molecule has 0 fully saturated rings. The summed E-state index contributed by atoms with van der Waals surface area (Å²) in [6.07, 6.45) is 60.1. The zero-order valence-corrected chi connectivity index (χ0v) is 36.2. The zero-order chi connectivity index (χ0) is 40.0. The summed E-state index contributed by atoms with van der Waals surface area (Å²) >= 11 is 0. The van der Waals surface area contributed by atoms with Gasteiger partial charge >= 0.3 is 11.9 Å². The second kappa shape index (κ2) is 46.0. The fourth-order valence-electron chi connectivity index (χ4n) is 6.54. The molecule has 0 bridgehead atoms. The summed E-state index contributed by atoms with van der Waals surface area (Å²) in [6.45, 7) is 4.03. The number of ether oxygens (including phenoxy) is 2. The maximum atomic E-state index is 12.2. The number of aliphatic hydroxyl groups is 1. The molecule has 0 amide bonds. The first-order chi connectivity index (χ1) is 27.1. The van der Waals surface area contributed by atoms with E-state index >= 15 is 0 Å². The monoisotopic (exact) mass is 769 g/mol. The third kappa shape index (κ3) is 44.2. The molecule has 0 saturated heterocycles. The lowest BCUT2D eigenvalue weighted by molar-refractivity contribution is -0.161. The molecule has 55 heavy (non-hydrogen) atoms. The lowest BCUT2D eigenvalue weighted by Crippen LogP contribution is -2.28. The summed E-state index contributed by atoms with van der Waals surface area (Å²) in [4.78, 5) is 24.4. The molecule has 1 N–H and O–H groups in total. The van der Waals surface area contributed by atoms with Crippen LogP contribution in [0.15, 0.2) is 60.8 Å². The SMILES string of the molecule is CC/C=C\C/C=C\C/C=C\C/C=C\CCCCCCCCCCCCCCC(=O)OC(CO)COC(=O)CCCCCCC/C=C\CCCCCCCCC. The Morgan fingerprint density at radius 2 is 0.782 bits per heavy atom. The minimum Gasteiger partial charge on any atom is -0.462 e. The molecule has 0 rings (SSSR count). The molecule has 5 heteroatoms. The molecule has 0 aliphatic rings. The maximum Gasteiger partial charge on any atom is 0.306 e. The molecule has 0 heterocycles. The Hall–Kier alpha value is -2.40. The Labute approximate surface area is 341 Å². The van der Waals surface area contributed by atoms with Crippen molar-refractivity contribution in [2.24, 2.45) is 0 Å². The number of hydrogen-bond acceptors (Lipinski definition) is 5. The third-order valence-corrected chi connectivity index (χ3v) is 10.0. The summed E-state index contributed by atoms with van der Waals surface area (Å²) in [7, 11) is 0. The highest BCUT2D eigenvalue weighted by Crippen LogP contribution is 2.15. The number of hydrogen-bond donors (Lipinski definition) is 1. The number of carbonyl (C=O) groups excluding carboxylic acids is 2. The van der Waals surface area contributed by atoms with Crippen molar-refractivity contribution in [3.05, 3.63) is 60.8 Å². The van der Waals surface area contributed by atoms with E-state index in [0.717, 1.165) is 70.6 Å². The van der Waals surface area contributed by atoms with Crippen LogP contribution in [0, 0.1) is 0 Å². The fourth-order valence-corrected chi connectivity index (χ4v) is 6.54. The van der Waals surface area contributed by atoms with Crippen molar-refractivity contribution in [2.75, 3.05) is 13.2 Å². The highest BCUT2D eigenvalue weighted by atomic mass is 16.6.